The van der Waals surface area contributed by atoms with Crippen LogP contribution >= 0.6 is 0 Å². The maximum atomic E-state index is 9.26. The molecule has 1 aromatic rings. The van der Waals surface area contributed by atoms with Crippen LogP contribution in [0.15, 0.2) is 29.4 Å². The van der Waals surface area contributed by atoms with Gasteiger partial charge in [0.1, 0.15) is 5.75 Å². The molecule has 0 saturated heterocycles. The van der Waals surface area contributed by atoms with Crippen molar-refractivity contribution >= 4 is 11.4 Å². The molecule has 0 unspecified atom stereocenters. The van der Waals surface area contributed by atoms with E-state index in [4.69, 9.17) is 0 Å². The zero-order valence-corrected chi connectivity index (χ0v) is 7.57. The van der Waals surface area contributed by atoms with Gasteiger partial charge in [-0.15, -0.1) is 0 Å². The number of aromatic hydroxyl groups is 1. The van der Waals surface area contributed by atoms with Gasteiger partial charge in [0.15, 0.2) is 0 Å². The molecule has 3 nitrogen and oxygen atoms in total. The van der Waals surface area contributed by atoms with E-state index in [2.05, 4.69) is 5.10 Å². The van der Waals surface area contributed by atoms with E-state index in [1.54, 1.807) is 12.1 Å². The van der Waals surface area contributed by atoms with E-state index in [0.29, 0.717) is 0 Å². The van der Waals surface area contributed by atoms with Crippen molar-refractivity contribution in [2.24, 2.45) is 5.10 Å². The Hall–Kier alpha value is -1.51. The van der Waals surface area contributed by atoms with E-state index < -0.39 is 0 Å². The molecule has 0 atom stereocenters. The van der Waals surface area contributed by atoms with E-state index in [1.807, 2.05) is 24.1 Å². The van der Waals surface area contributed by atoms with Gasteiger partial charge in [-0.25, -0.2) is 0 Å². The quantitative estimate of drug-likeness (QED) is 0.710. The molecule has 0 radical (unpaired) electrons. The maximum Gasteiger partial charge on any atom is 0.117 e. The highest BCUT2D eigenvalue weighted by atomic mass is 16.3. The number of rotatable bonds is 1. The predicted molar refractivity (Wildman–Crippen MR) is 53.2 cm³/mol. The zero-order chi connectivity index (χ0) is 9.26. The van der Waals surface area contributed by atoms with Crippen molar-refractivity contribution < 1.29 is 5.11 Å². The lowest BCUT2D eigenvalue weighted by Crippen LogP contribution is -2.11. The van der Waals surface area contributed by atoms with Crippen molar-refractivity contribution in [2.45, 2.75) is 13.3 Å². The van der Waals surface area contributed by atoms with Crippen LogP contribution in [0.4, 0.5) is 5.69 Å². The standard InChI is InChI=1S/C10H12N2O/c1-8-5-6-12(11-8)9-3-2-4-10(13)7-9/h2-4,7,13H,5-6H2,1H3. The number of anilines is 1. The predicted octanol–water partition coefficient (Wildman–Crippen LogP) is 1.98. The van der Waals surface area contributed by atoms with Crippen LogP contribution in [-0.2, 0) is 0 Å². The van der Waals surface area contributed by atoms with Gasteiger partial charge in [0.05, 0.1) is 5.69 Å². The summed E-state index contributed by atoms with van der Waals surface area (Å²) in [7, 11) is 0. The minimum absolute atomic E-state index is 0.289. The first-order chi connectivity index (χ1) is 6.25. The number of hydrogen-bond donors (Lipinski definition) is 1. The minimum Gasteiger partial charge on any atom is -0.508 e. The lowest BCUT2D eigenvalue weighted by atomic mass is 10.3. The van der Waals surface area contributed by atoms with Crippen molar-refractivity contribution in [3.63, 3.8) is 0 Å². The van der Waals surface area contributed by atoms with Gasteiger partial charge in [0.2, 0.25) is 0 Å². The summed E-state index contributed by atoms with van der Waals surface area (Å²) in [6, 6.07) is 7.16. The van der Waals surface area contributed by atoms with Crippen LogP contribution in [0, 0.1) is 0 Å². The number of hydrogen-bond acceptors (Lipinski definition) is 3. The summed E-state index contributed by atoms with van der Waals surface area (Å²) in [5, 5.41) is 15.5. The van der Waals surface area contributed by atoms with Crippen LogP contribution in [0.1, 0.15) is 13.3 Å². The Morgan fingerprint density at radius 2 is 2.31 bits per heavy atom. The smallest absolute Gasteiger partial charge is 0.117 e. The van der Waals surface area contributed by atoms with Gasteiger partial charge in [-0.1, -0.05) is 6.07 Å². The monoisotopic (exact) mass is 176 g/mol. The first-order valence-corrected chi connectivity index (χ1v) is 4.36. The van der Waals surface area contributed by atoms with Crippen LogP contribution in [0.5, 0.6) is 5.75 Å². The molecule has 0 bridgehead atoms. The SMILES string of the molecule is CC1=NN(c2cccc(O)c2)CC1. The number of phenols is 1. The van der Waals surface area contributed by atoms with Crippen LogP contribution in [-0.4, -0.2) is 17.4 Å². The molecule has 3 heteroatoms. The summed E-state index contributed by atoms with van der Waals surface area (Å²) in [5.74, 6) is 0.289. The van der Waals surface area contributed by atoms with Crippen LogP contribution in [0.3, 0.4) is 0 Å². The number of phenolic OH excluding ortho intramolecular Hbond substituents is 1. The molecule has 1 heterocycles. The number of benzene rings is 1. The molecule has 1 N–H and O–H groups in total. The average molecular weight is 176 g/mol. The molecule has 68 valence electrons. The van der Waals surface area contributed by atoms with E-state index in [-0.39, 0.29) is 5.75 Å². The van der Waals surface area contributed by atoms with Gasteiger partial charge in [-0.3, -0.25) is 5.01 Å². The van der Waals surface area contributed by atoms with Gasteiger partial charge >= 0.3 is 0 Å². The maximum absolute atomic E-state index is 9.26. The van der Waals surface area contributed by atoms with Gasteiger partial charge < -0.3 is 5.11 Å². The van der Waals surface area contributed by atoms with Crippen molar-refractivity contribution in [2.75, 3.05) is 11.6 Å². The Morgan fingerprint density at radius 3 is 2.92 bits per heavy atom. The second-order valence-corrected chi connectivity index (χ2v) is 3.23. The van der Waals surface area contributed by atoms with Crippen molar-refractivity contribution in [3.8, 4) is 5.75 Å². The Labute approximate surface area is 77.3 Å². The minimum atomic E-state index is 0.289. The van der Waals surface area contributed by atoms with Crippen molar-refractivity contribution in [3.05, 3.63) is 24.3 Å². The fourth-order valence-electron chi connectivity index (χ4n) is 1.41. The number of hydrazone groups is 1. The summed E-state index contributed by atoms with van der Waals surface area (Å²) in [5.41, 5.74) is 2.10. The molecule has 1 aliphatic rings. The third-order valence-corrected chi connectivity index (χ3v) is 2.10. The Kier molecular flexibility index (Phi) is 1.93. The summed E-state index contributed by atoms with van der Waals surface area (Å²) in [6.07, 6.45) is 1.01. The van der Waals surface area contributed by atoms with Crippen molar-refractivity contribution in [1.29, 1.82) is 0 Å². The molecule has 0 fully saturated rings. The van der Waals surface area contributed by atoms with Gasteiger partial charge in [-0.2, -0.15) is 5.10 Å². The first kappa shape index (κ1) is 8.10. The van der Waals surface area contributed by atoms with Crippen LogP contribution in [0.2, 0.25) is 0 Å². The summed E-state index contributed by atoms with van der Waals surface area (Å²) in [6.45, 7) is 2.93. The van der Waals surface area contributed by atoms with Crippen molar-refractivity contribution in [1.82, 2.24) is 0 Å². The van der Waals surface area contributed by atoms with Gasteiger partial charge in [0.25, 0.3) is 0 Å². The van der Waals surface area contributed by atoms with E-state index in [1.165, 1.54) is 0 Å². The fourth-order valence-corrected chi connectivity index (χ4v) is 1.41. The van der Waals surface area contributed by atoms with Crippen LogP contribution in [0.25, 0.3) is 0 Å². The molecular formula is C10H12N2O. The molecule has 2 rings (SSSR count). The lowest BCUT2D eigenvalue weighted by molar-refractivity contribution is 0.475. The lowest BCUT2D eigenvalue weighted by Gasteiger charge is -2.13. The summed E-state index contributed by atoms with van der Waals surface area (Å²) >= 11 is 0. The topological polar surface area (TPSA) is 35.8 Å². The third-order valence-electron chi connectivity index (χ3n) is 2.10. The third kappa shape index (κ3) is 1.64. The Morgan fingerprint density at radius 1 is 1.46 bits per heavy atom. The zero-order valence-electron chi connectivity index (χ0n) is 7.57. The second-order valence-electron chi connectivity index (χ2n) is 3.23. The Bertz CT molecular complexity index is 347. The first-order valence-electron chi connectivity index (χ1n) is 4.36. The summed E-state index contributed by atoms with van der Waals surface area (Å²) < 4.78 is 0. The van der Waals surface area contributed by atoms with Gasteiger partial charge in [-0.05, 0) is 19.1 Å². The van der Waals surface area contributed by atoms with Gasteiger partial charge in [0, 0.05) is 24.7 Å². The van der Waals surface area contributed by atoms with E-state index in [9.17, 15) is 5.11 Å². The van der Waals surface area contributed by atoms with E-state index in [0.717, 1.165) is 24.4 Å². The van der Waals surface area contributed by atoms with E-state index >= 15 is 0 Å². The molecular weight excluding hydrogens is 164 g/mol. The normalized spacial score (nSPS) is 16.1. The largest absolute Gasteiger partial charge is 0.508 e. The fraction of sp³-hybridized carbons (Fsp3) is 0.300. The second kappa shape index (κ2) is 3.09. The Balaban J connectivity index is 2.26. The summed E-state index contributed by atoms with van der Waals surface area (Å²) in [4.78, 5) is 0. The highest BCUT2D eigenvalue weighted by Crippen LogP contribution is 2.22. The highest BCUT2D eigenvalue weighted by molar-refractivity contribution is 5.85. The van der Waals surface area contributed by atoms with Crippen LogP contribution < -0.4 is 5.01 Å². The molecule has 1 aromatic carbocycles. The average Bonchev–Trinajstić information content (AvgIpc) is 2.52. The highest BCUT2D eigenvalue weighted by Gasteiger charge is 2.12. The molecule has 13 heavy (non-hydrogen) atoms. The molecule has 0 saturated carbocycles. The molecule has 1 aliphatic heterocycles. The molecule has 0 aromatic heterocycles. The number of nitrogens with zero attached hydrogens (tertiary/aromatic N) is 2. The molecule has 0 amide bonds. The molecule has 0 aliphatic carbocycles. The molecule has 0 spiro atoms.